The number of nitrogens with two attached hydrogens (primary N) is 1. The van der Waals surface area contributed by atoms with E-state index in [-0.39, 0.29) is 41.6 Å². The number of hydrogen-bond donors (Lipinski definition) is 1. The first-order valence-corrected chi connectivity index (χ1v) is 26.6. The summed E-state index contributed by atoms with van der Waals surface area (Å²) in [6.45, 7) is 8.37. The van der Waals surface area contributed by atoms with Gasteiger partial charge in [0.15, 0.2) is 17.3 Å². The smallest absolute Gasteiger partial charge is 0.311 e. The number of unbranched alkanes of at least 4 members (excludes halogenated alkanes) is 36. The summed E-state index contributed by atoms with van der Waals surface area (Å²) in [6.07, 6.45) is 50.1. The molecule has 0 bridgehead atoms. The van der Waals surface area contributed by atoms with Crippen LogP contribution in [0.5, 0.6) is 11.5 Å². The third-order valence-corrected chi connectivity index (χ3v) is 12.7. The highest BCUT2D eigenvalue weighted by molar-refractivity contribution is 6.00. The van der Waals surface area contributed by atoms with Crippen molar-refractivity contribution in [3.63, 3.8) is 0 Å². The number of benzene rings is 1. The fraction of sp³-hybridized carbons (Fsp3) is 0.836. The number of rotatable bonds is 45. The zero-order chi connectivity index (χ0) is 44.4. The van der Waals surface area contributed by atoms with Crippen LogP contribution in [0.1, 0.15) is 295 Å². The van der Waals surface area contributed by atoms with Crippen molar-refractivity contribution in [1.82, 2.24) is 0 Å². The van der Waals surface area contributed by atoms with Gasteiger partial charge < -0.3 is 15.2 Å². The van der Waals surface area contributed by atoms with E-state index >= 15 is 0 Å². The van der Waals surface area contributed by atoms with E-state index < -0.39 is 6.04 Å². The van der Waals surface area contributed by atoms with E-state index in [4.69, 9.17) is 15.2 Å². The largest absolute Gasteiger partial charge is 0.423 e. The summed E-state index contributed by atoms with van der Waals surface area (Å²) in [5.41, 5.74) is 6.52. The van der Waals surface area contributed by atoms with Crippen molar-refractivity contribution < 1.29 is 23.9 Å². The maximum atomic E-state index is 13.0. The lowest BCUT2D eigenvalue weighted by atomic mass is 9.96. The summed E-state index contributed by atoms with van der Waals surface area (Å²) in [4.78, 5) is 38.8. The van der Waals surface area contributed by atoms with Crippen LogP contribution >= 0.6 is 0 Å². The molecule has 0 spiro atoms. The van der Waals surface area contributed by atoms with E-state index in [1.165, 1.54) is 212 Å². The van der Waals surface area contributed by atoms with E-state index in [2.05, 4.69) is 13.8 Å². The molecule has 61 heavy (non-hydrogen) atoms. The monoisotopic (exact) mass is 854 g/mol. The molecule has 0 radical (unpaired) electrons. The predicted molar refractivity (Wildman–Crippen MR) is 261 cm³/mol. The molecule has 1 unspecified atom stereocenters. The normalized spacial score (nSPS) is 12.0. The minimum Gasteiger partial charge on any atom is -0.423 e. The van der Waals surface area contributed by atoms with Crippen molar-refractivity contribution in [2.24, 2.45) is 11.7 Å². The van der Waals surface area contributed by atoms with Crippen LogP contribution in [0.15, 0.2) is 18.2 Å². The summed E-state index contributed by atoms with van der Waals surface area (Å²) < 4.78 is 11.5. The van der Waals surface area contributed by atoms with Crippen LogP contribution in [0.2, 0.25) is 0 Å². The first-order valence-electron chi connectivity index (χ1n) is 26.6. The number of esters is 2. The Bertz CT molecular complexity index is 1180. The Morgan fingerprint density at radius 1 is 0.410 bits per heavy atom. The zero-order valence-electron chi connectivity index (χ0n) is 40.8. The Balaban J connectivity index is 2.25. The topological polar surface area (TPSA) is 95.7 Å². The highest BCUT2D eigenvalue weighted by Gasteiger charge is 2.22. The molecule has 1 aromatic carbocycles. The second kappa shape index (κ2) is 41.8. The third kappa shape index (κ3) is 33.9. The van der Waals surface area contributed by atoms with Crippen LogP contribution in [-0.4, -0.2) is 23.8 Å². The molecule has 0 amide bonds. The molecule has 0 saturated carbocycles. The van der Waals surface area contributed by atoms with Crippen molar-refractivity contribution in [1.29, 1.82) is 0 Å². The molecule has 0 aromatic heterocycles. The molecule has 2 N–H and O–H groups in total. The predicted octanol–water partition coefficient (Wildman–Crippen LogP) is 17.3. The second-order valence-electron chi connectivity index (χ2n) is 19.0. The minimum atomic E-state index is -0.670. The van der Waals surface area contributed by atoms with Crippen molar-refractivity contribution in [2.75, 3.05) is 0 Å². The Labute approximate surface area is 377 Å². The van der Waals surface area contributed by atoms with Crippen molar-refractivity contribution in [2.45, 2.75) is 291 Å². The fourth-order valence-corrected chi connectivity index (χ4v) is 8.36. The van der Waals surface area contributed by atoms with Gasteiger partial charge in [0.2, 0.25) is 0 Å². The lowest BCUT2D eigenvalue weighted by molar-refractivity contribution is -0.137. The van der Waals surface area contributed by atoms with Gasteiger partial charge in [0.1, 0.15) is 0 Å². The molecule has 0 saturated heterocycles. The molecular weight excluding hydrogens is 755 g/mol. The van der Waals surface area contributed by atoms with E-state index in [1.54, 1.807) is 12.1 Å². The Morgan fingerprint density at radius 2 is 0.672 bits per heavy atom. The highest BCUT2D eigenvalue weighted by atomic mass is 16.6. The minimum absolute atomic E-state index is 0.0374. The summed E-state index contributed by atoms with van der Waals surface area (Å²) in [7, 11) is 0. The molecule has 1 atom stereocenters. The molecule has 1 rings (SSSR count). The first-order chi connectivity index (χ1) is 29.8. The number of ether oxygens (including phenoxy) is 2. The highest BCUT2D eigenvalue weighted by Crippen LogP contribution is 2.31. The summed E-state index contributed by atoms with van der Waals surface area (Å²) >= 11 is 0. The first kappa shape index (κ1) is 56.8. The van der Waals surface area contributed by atoms with E-state index in [0.717, 1.165) is 38.5 Å². The van der Waals surface area contributed by atoms with Crippen LogP contribution in [-0.2, 0) is 9.59 Å². The number of carbonyl (C=O) groups excluding carboxylic acids is 3. The Kier molecular flexibility index (Phi) is 38.9. The van der Waals surface area contributed by atoms with Gasteiger partial charge in [0, 0.05) is 18.4 Å². The van der Waals surface area contributed by atoms with Crippen LogP contribution < -0.4 is 15.2 Å². The Morgan fingerprint density at radius 3 is 0.951 bits per heavy atom. The maximum absolute atomic E-state index is 13.0. The van der Waals surface area contributed by atoms with Crippen LogP contribution in [0.4, 0.5) is 0 Å². The van der Waals surface area contributed by atoms with Gasteiger partial charge in [-0.15, -0.1) is 0 Å². The zero-order valence-corrected chi connectivity index (χ0v) is 40.8. The third-order valence-electron chi connectivity index (χ3n) is 12.7. The number of hydrogen-bond acceptors (Lipinski definition) is 6. The summed E-state index contributed by atoms with van der Waals surface area (Å²) in [5.74, 6) is -0.686. The number of Topliss-reactive ketones (excluding diaryl/α,β-unsaturated/α-hetero) is 1. The van der Waals surface area contributed by atoms with Gasteiger partial charge in [0.25, 0.3) is 0 Å². The van der Waals surface area contributed by atoms with Crippen molar-refractivity contribution in [3.8, 4) is 11.5 Å². The lowest BCUT2D eigenvalue weighted by Crippen LogP contribution is -2.35. The van der Waals surface area contributed by atoms with Gasteiger partial charge in [-0.3, -0.25) is 14.4 Å². The average molecular weight is 854 g/mol. The molecule has 0 aliphatic rings. The molecule has 0 heterocycles. The van der Waals surface area contributed by atoms with Crippen LogP contribution in [0.3, 0.4) is 0 Å². The number of carbonyl (C=O) groups is 3. The van der Waals surface area contributed by atoms with Gasteiger partial charge in [0.05, 0.1) is 6.04 Å². The molecule has 0 aliphatic carbocycles. The SMILES string of the molecule is CCCCCCCCCCCCCCCCCCCCCC(=O)Oc1ccc(C(=O)C(N)C(C)C)cc1OC(=O)CCCCCCCCCCCCCCCCCCCCC. The van der Waals surface area contributed by atoms with Crippen LogP contribution in [0.25, 0.3) is 0 Å². The van der Waals surface area contributed by atoms with Crippen molar-refractivity contribution in [3.05, 3.63) is 23.8 Å². The van der Waals surface area contributed by atoms with E-state index in [9.17, 15) is 14.4 Å². The maximum Gasteiger partial charge on any atom is 0.311 e. The standard InChI is InChI=1S/C55H99NO5/c1-5-7-9-11-13-15-17-19-21-23-25-27-29-31-33-35-37-39-41-43-52(57)60-50-46-45-49(55(59)54(56)48(3)4)47-51(50)61-53(58)44-42-40-38-36-34-32-30-28-26-24-22-20-18-16-14-12-10-8-6-2/h45-48,54H,5-44,56H2,1-4H3. The fourth-order valence-electron chi connectivity index (χ4n) is 8.36. The summed E-state index contributed by atoms with van der Waals surface area (Å²) in [6, 6.07) is 4.02. The molecule has 6 heteroatoms. The molecular formula is C55H99NO5. The molecule has 354 valence electrons. The number of ketones is 1. The van der Waals surface area contributed by atoms with Crippen LogP contribution in [0, 0.1) is 5.92 Å². The van der Waals surface area contributed by atoms with Gasteiger partial charge in [-0.1, -0.05) is 259 Å². The molecule has 0 fully saturated rings. The Hall–Kier alpha value is -2.21. The van der Waals surface area contributed by atoms with Crippen molar-refractivity contribution >= 4 is 17.7 Å². The van der Waals surface area contributed by atoms with E-state index in [1.807, 2.05) is 13.8 Å². The molecule has 1 aromatic rings. The van der Waals surface area contributed by atoms with Gasteiger partial charge >= 0.3 is 11.9 Å². The van der Waals surface area contributed by atoms with Gasteiger partial charge in [-0.05, 0) is 37.0 Å². The summed E-state index contributed by atoms with van der Waals surface area (Å²) in [5, 5.41) is 0. The second-order valence-corrected chi connectivity index (χ2v) is 19.0. The molecule has 0 aliphatic heterocycles. The quantitative estimate of drug-likeness (QED) is 0.0304. The average Bonchev–Trinajstić information content (AvgIpc) is 3.25. The van der Waals surface area contributed by atoms with E-state index in [0.29, 0.717) is 12.0 Å². The van der Waals surface area contributed by atoms with Gasteiger partial charge in [-0.25, -0.2) is 0 Å². The molecule has 6 nitrogen and oxygen atoms in total. The van der Waals surface area contributed by atoms with Gasteiger partial charge in [-0.2, -0.15) is 0 Å². The lowest BCUT2D eigenvalue weighted by Gasteiger charge is -2.16.